The molecule has 0 aliphatic carbocycles. The van der Waals surface area contributed by atoms with E-state index in [0.717, 1.165) is 5.56 Å². The van der Waals surface area contributed by atoms with Crippen LogP contribution < -0.4 is 4.74 Å². The minimum Gasteiger partial charge on any atom is -0.410 e. The third kappa shape index (κ3) is 5.09. The van der Waals surface area contributed by atoms with E-state index >= 15 is 0 Å². The molecule has 0 saturated heterocycles. The summed E-state index contributed by atoms with van der Waals surface area (Å²) in [5.41, 5.74) is 0.776. The van der Waals surface area contributed by atoms with E-state index in [1.165, 1.54) is 9.80 Å². The van der Waals surface area contributed by atoms with Crippen molar-refractivity contribution in [3.05, 3.63) is 29.8 Å². The Morgan fingerprint density at radius 2 is 2.16 bits per heavy atom. The Morgan fingerprint density at radius 3 is 2.74 bits per heavy atom. The van der Waals surface area contributed by atoms with Crippen LogP contribution in [0, 0.1) is 0 Å². The van der Waals surface area contributed by atoms with Gasteiger partial charge in [-0.3, -0.25) is 0 Å². The van der Waals surface area contributed by atoms with Crippen molar-refractivity contribution in [2.45, 2.75) is 19.9 Å². The molecule has 1 amide bonds. The SMILES string of the molecule is Cl.[2H]C([2H])([2H])N(C)[C@@H](C)c1cccc(OC(=O)N(C)CC)c1. The topological polar surface area (TPSA) is 32.8 Å². The molecule has 0 saturated carbocycles. The Bertz CT molecular complexity index is 497. The molecule has 5 heteroatoms. The van der Waals surface area contributed by atoms with Crippen molar-refractivity contribution in [2.24, 2.45) is 0 Å². The Morgan fingerprint density at radius 1 is 1.47 bits per heavy atom. The fourth-order valence-corrected chi connectivity index (χ4v) is 1.37. The molecule has 108 valence electrons. The predicted octanol–water partition coefficient (Wildman–Crippen LogP) is 3.18. The third-order valence-corrected chi connectivity index (χ3v) is 2.91. The molecule has 19 heavy (non-hydrogen) atoms. The van der Waals surface area contributed by atoms with Crippen LogP contribution in [-0.4, -0.2) is 43.5 Å². The van der Waals surface area contributed by atoms with Crippen molar-refractivity contribution in [1.29, 1.82) is 0 Å². The number of amides is 1. The summed E-state index contributed by atoms with van der Waals surface area (Å²) in [6.07, 6.45) is -0.438. The Kier molecular flexibility index (Phi) is 5.39. The van der Waals surface area contributed by atoms with E-state index in [9.17, 15) is 4.79 Å². The molecule has 0 aliphatic rings. The fraction of sp³-hybridized carbons (Fsp3) is 0.500. The second-order valence-electron chi connectivity index (χ2n) is 4.24. The van der Waals surface area contributed by atoms with E-state index in [4.69, 9.17) is 8.85 Å². The van der Waals surface area contributed by atoms with E-state index in [1.54, 1.807) is 39.2 Å². The van der Waals surface area contributed by atoms with E-state index in [2.05, 4.69) is 0 Å². The van der Waals surface area contributed by atoms with E-state index in [1.807, 2.05) is 13.0 Å². The van der Waals surface area contributed by atoms with Gasteiger partial charge < -0.3 is 14.5 Å². The number of hydrogen-bond donors (Lipinski definition) is 0. The third-order valence-electron chi connectivity index (χ3n) is 2.91. The Hall–Kier alpha value is -1.26. The van der Waals surface area contributed by atoms with E-state index < -0.39 is 13.1 Å². The average Bonchev–Trinajstić information content (AvgIpc) is 2.44. The molecule has 4 nitrogen and oxygen atoms in total. The number of rotatable bonds is 4. The summed E-state index contributed by atoms with van der Waals surface area (Å²) in [6, 6.07) is 6.60. The molecule has 0 heterocycles. The summed E-state index contributed by atoms with van der Waals surface area (Å²) in [6.45, 7) is 2.03. The van der Waals surface area contributed by atoms with Gasteiger partial charge in [-0.15, -0.1) is 12.4 Å². The van der Waals surface area contributed by atoms with Gasteiger partial charge in [0.2, 0.25) is 0 Å². The maximum Gasteiger partial charge on any atom is 0.414 e. The van der Waals surface area contributed by atoms with Crippen LogP contribution in [-0.2, 0) is 0 Å². The highest BCUT2D eigenvalue weighted by Gasteiger charge is 2.12. The number of carbonyl (C=O) groups is 1. The fourth-order valence-electron chi connectivity index (χ4n) is 1.37. The highest BCUT2D eigenvalue weighted by molar-refractivity contribution is 5.85. The van der Waals surface area contributed by atoms with Gasteiger partial charge in [0.15, 0.2) is 0 Å². The number of hydrogen-bond acceptors (Lipinski definition) is 3. The molecule has 0 fully saturated rings. The van der Waals surface area contributed by atoms with Gasteiger partial charge in [-0.05, 0) is 45.6 Å². The zero-order valence-electron chi connectivity index (χ0n) is 14.7. The molecule has 0 aliphatic heterocycles. The van der Waals surface area contributed by atoms with Gasteiger partial charge >= 0.3 is 6.09 Å². The van der Waals surface area contributed by atoms with Crippen LogP contribution in [0.1, 0.15) is 29.6 Å². The summed E-state index contributed by atoms with van der Waals surface area (Å²) < 4.78 is 27.5. The van der Waals surface area contributed by atoms with Crippen LogP contribution in [0.3, 0.4) is 0 Å². The second-order valence-corrected chi connectivity index (χ2v) is 4.24. The van der Waals surface area contributed by atoms with Crippen molar-refractivity contribution >= 4 is 18.5 Å². The van der Waals surface area contributed by atoms with Gasteiger partial charge in [0, 0.05) is 23.7 Å². The maximum atomic E-state index is 11.7. The van der Waals surface area contributed by atoms with Crippen molar-refractivity contribution < 1.29 is 13.6 Å². The number of halogens is 1. The molecule has 0 aromatic heterocycles. The molecule has 1 rings (SSSR count). The lowest BCUT2D eigenvalue weighted by atomic mass is 10.1. The molecule has 1 aromatic rings. The minimum absolute atomic E-state index is 0. The maximum absolute atomic E-state index is 11.7. The molecular formula is C14H23ClN2O2. The molecule has 0 radical (unpaired) electrons. The van der Waals surface area contributed by atoms with Crippen molar-refractivity contribution in [3.8, 4) is 5.75 Å². The first-order valence-corrected chi connectivity index (χ1v) is 5.92. The molecule has 0 N–H and O–H groups in total. The van der Waals surface area contributed by atoms with Crippen LogP contribution in [0.4, 0.5) is 4.79 Å². The largest absolute Gasteiger partial charge is 0.414 e. The van der Waals surface area contributed by atoms with Crippen LogP contribution >= 0.6 is 12.4 Å². The van der Waals surface area contributed by atoms with Gasteiger partial charge in [-0.25, -0.2) is 4.79 Å². The van der Waals surface area contributed by atoms with Crippen LogP contribution in [0.25, 0.3) is 0 Å². The van der Waals surface area contributed by atoms with Crippen molar-refractivity contribution in [2.75, 3.05) is 27.6 Å². The monoisotopic (exact) mass is 289 g/mol. The minimum atomic E-state index is -2.17. The smallest absolute Gasteiger partial charge is 0.410 e. The number of benzene rings is 1. The number of carbonyl (C=O) groups excluding carboxylic acids is 1. The zero-order valence-corrected chi connectivity index (χ0v) is 12.5. The van der Waals surface area contributed by atoms with Crippen LogP contribution in [0.2, 0.25) is 0 Å². The second kappa shape index (κ2) is 8.02. The summed E-state index contributed by atoms with van der Waals surface area (Å²) in [5, 5.41) is 0. The summed E-state index contributed by atoms with van der Waals surface area (Å²) >= 11 is 0. The first kappa shape index (κ1) is 12.8. The highest BCUT2D eigenvalue weighted by atomic mass is 35.5. The summed E-state index contributed by atoms with van der Waals surface area (Å²) in [7, 11) is 3.19. The van der Waals surface area contributed by atoms with Crippen molar-refractivity contribution in [1.82, 2.24) is 9.80 Å². The van der Waals surface area contributed by atoms with Gasteiger partial charge in [0.1, 0.15) is 5.75 Å². The summed E-state index contributed by atoms with van der Waals surface area (Å²) in [4.78, 5) is 14.5. The van der Waals surface area contributed by atoms with E-state index in [-0.39, 0.29) is 18.4 Å². The van der Waals surface area contributed by atoms with Crippen molar-refractivity contribution in [3.63, 3.8) is 0 Å². The standard InChI is InChI=1S/C14H22N2O2.ClH/c1-6-16(5)14(17)18-13-9-7-8-12(10-13)11(2)15(3)4;/h7-11H,6H2,1-5H3;1H/t11-;/m0./s1/i3D3;. The van der Waals surface area contributed by atoms with E-state index in [0.29, 0.717) is 12.3 Å². The van der Waals surface area contributed by atoms with Crippen LogP contribution in [0.5, 0.6) is 5.75 Å². The molecule has 1 atom stereocenters. The van der Waals surface area contributed by atoms with Gasteiger partial charge in [0.25, 0.3) is 0 Å². The lowest BCUT2D eigenvalue weighted by molar-refractivity contribution is 0.165. The summed E-state index contributed by atoms with van der Waals surface area (Å²) in [5.74, 6) is 0.406. The quantitative estimate of drug-likeness (QED) is 0.853. The van der Waals surface area contributed by atoms with Gasteiger partial charge in [-0.2, -0.15) is 0 Å². The Labute approximate surface area is 126 Å². The molecule has 0 bridgehead atoms. The first-order chi connectivity index (χ1) is 9.66. The van der Waals surface area contributed by atoms with Gasteiger partial charge in [-0.1, -0.05) is 12.1 Å². The lowest BCUT2D eigenvalue weighted by Gasteiger charge is -2.21. The lowest BCUT2D eigenvalue weighted by Crippen LogP contribution is -2.29. The Balaban J connectivity index is 0.00000441. The predicted molar refractivity (Wildman–Crippen MR) is 80.1 cm³/mol. The molecular weight excluding hydrogens is 264 g/mol. The highest BCUT2D eigenvalue weighted by Crippen LogP contribution is 2.22. The normalized spacial score (nSPS) is 14.7. The van der Waals surface area contributed by atoms with Gasteiger partial charge in [0.05, 0.1) is 0 Å². The van der Waals surface area contributed by atoms with Crippen LogP contribution in [0.15, 0.2) is 24.3 Å². The molecule has 0 spiro atoms. The zero-order chi connectivity index (χ0) is 16.2. The number of ether oxygens (including phenoxy) is 1. The first-order valence-electron chi connectivity index (χ1n) is 7.42. The molecule has 1 aromatic carbocycles. The molecule has 0 unspecified atom stereocenters. The average molecular weight is 290 g/mol. The number of nitrogens with zero attached hydrogens (tertiary/aromatic N) is 2.